The lowest BCUT2D eigenvalue weighted by Crippen LogP contribution is -2.42. The van der Waals surface area contributed by atoms with Gasteiger partial charge in [0, 0.05) is 31.3 Å². The molecule has 24 heavy (non-hydrogen) atoms. The first-order chi connectivity index (χ1) is 11.5. The molecule has 2 rings (SSSR count). The fraction of sp³-hybridized carbons (Fsp3) is 0.611. The summed E-state index contributed by atoms with van der Waals surface area (Å²) in [4.78, 5) is 17.2. The van der Waals surface area contributed by atoms with E-state index in [1.807, 2.05) is 4.90 Å². The molecule has 1 heterocycles. The minimum absolute atomic E-state index is 0.0263. The summed E-state index contributed by atoms with van der Waals surface area (Å²) in [5.74, 6) is 1.55. The average molecular weight is 336 g/mol. The second kappa shape index (κ2) is 8.24. The molecule has 0 N–H and O–H groups in total. The number of likely N-dealkylation sites (N-methyl/N-ethyl adjacent to an activating group) is 1. The molecular weight excluding hydrogens is 308 g/mol. The summed E-state index contributed by atoms with van der Waals surface area (Å²) in [7, 11) is 8.82. The van der Waals surface area contributed by atoms with Crippen molar-refractivity contribution in [2.24, 2.45) is 0 Å². The zero-order valence-electron chi connectivity index (χ0n) is 15.3. The smallest absolute Gasteiger partial charge is 0.257 e. The second-order valence-electron chi connectivity index (χ2n) is 6.27. The Morgan fingerprint density at radius 3 is 2.25 bits per heavy atom. The van der Waals surface area contributed by atoms with Crippen LogP contribution in [0.3, 0.4) is 0 Å². The summed E-state index contributed by atoms with van der Waals surface area (Å²) < 4.78 is 16.0. The standard InChI is InChI=1S/C18H28N2O4/c1-19(2)13-8-6-7-9-20(12-13)18(21)14-10-16(23-4)17(24-5)11-15(14)22-3/h10-11,13H,6-9,12H2,1-5H3/t13-/m0/s1. The van der Waals surface area contributed by atoms with Gasteiger partial charge in [-0.25, -0.2) is 0 Å². The molecule has 1 aliphatic heterocycles. The molecule has 1 aromatic carbocycles. The van der Waals surface area contributed by atoms with Crippen molar-refractivity contribution < 1.29 is 19.0 Å². The van der Waals surface area contributed by atoms with Gasteiger partial charge < -0.3 is 24.0 Å². The number of rotatable bonds is 5. The van der Waals surface area contributed by atoms with Crippen molar-refractivity contribution in [3.05, 3.63) is 17.7 Å². The lowest BCUT2D eigenvalue weighted by Gasteiger charge is -2.29. The van der Waals surface area contributed by atoms with Crippen LogP contribution in [0.2, 0.25) is 0 Å². The van der Waals surface area contributed by atoms with E-state index in [2.05, 4.69) is 19.0 Å². The van der Waals surface area contributed by atoms with E-state index in [4.69, 9.17) is 14.2 Å². The molecule has 0 saturated carbocycles. The maximum Gasteiger partial charge on any atom is 0.257 e. The van der Waals surface area contributed by atoms with Crippen LogP contribution in [-0.2, 0) is 0 Å². The van der Waals surface area contributed by atoms with Gasteiger partial charge in [0.1, 0.15) is 5.75 Å². The Kier molecular flexibility index (Phi) is 6.31. The Hall–Kier alpha value is -1.95. The first-order valence-corrected chi connectivity index (χ1v) is 8.27. The van der Waals surface area contributed by atoms with Crippen LogP contribution in [0.25, 0.3) is 0 Å². The molecule has 1 saturated heterocycles. The summed E-state index contributed by atoms with van der Waals surface area (Å²) >= 11 is 0. The van der Waals surface area contributed by atoms with Crippen LogP contribution in [0, 0.1) is 0 Å². The van der Waals surface area contributed by atoms with Crippen LogP contribution in [0.1, 0.15) is 29.6 Å². The molecule has 6 heteroatoms. The highest BCUT2D eigenvalue weighted by Gasteiger charge is 2.27. The third-order valence-corrected chi connectivity index (χ3v) is 4.60. The first kappa shape index (κ1) is 18.4. The quantitative estimate of drug-likeness (QED) is 0.826. The van der Waals surface area contributed by atoms with E-state index in [9.17, 15) is 4.79 Å². The fourth-order valence-electron chi connectivity index (χ4n) is 3.09. The van der Waals surface area contributed by atoms with E-state index in [0.29, 0.717) is 28.9 Å². The fourth-order valence-corrected chi connectivity index (χ4v) is 3.09. The number of carbonyl (C=O) groups is 1. The van der Waals surface area contributed by atoms with Crippen molar-refractivity contribution in [2.75, 3.05) is 48.5 Å². The lowest BCUT2D eigenvalue weighted by atomic mass is 10.1. The van der Waals surface area contributed by atoms with Gasteiger partial charge in [0.2, 0.25) is 0 Å². The van der Waals surface area contributed by atoms with Crippen molar-refractivity contribution in [1.82, 2.24) is 9.80 Å². The number of hydrogen-bond acceptors (Lipinski definition) is 5. The highest BCUT2D eigenvalue weighted by molar-refractivity contribution is 5.98. The van der Waals surface area contributed by atoms with Crippen molar-refractivity contribution in [2.45, 2.75) is 25.3 Å². The summed E-state index contributed by atoms with van der Waals surface area (Å²) in [5, 5.41) is 0. The molecule has 1 aromatic rings. The van der Waals surface area contributed by atoms with Crippen LogP contribution in [0.5, 0.6) is 17.2 Å². The molecule has 0 unspecified atom stereocenters. The van der Waals surface area contributed by atoms with Crippen LogP contribution >= 0.6 is 0 Å². The van der Waals surface area contributed by atoms with Crippen molar-refractivity contribution in [3.8, 4) is 17.2 Å². The largest absolute Gasteiger partial charge is 0.496 e. The molecule has 0 spiro atoms. The Bertz CT molecular complexity index is 574. The van der Waals surface area contributed by atoms with Gasteiger partial charge in [0.25, 0.3) is 5.91 Å². The highest BCUT2D eigenvalue weighted by atomic mass is 16.5. The van der Waals surface area contributed by atoms with Gasteiger partial charge >= 0.3 is 0 Å². The molecular formula is C18H28N2O4. The van der Waals surface area contributed by atoms with E-state index in [1.54, 1.807) is 33.5 Å². The number of methoxy groups -OCH3 is 3. The maximum absolute atomic E-state index is 13.1. The minimum Gasteiger partial charge on any atom is -0.496 e. The third-order valence-electron chi connectivity index (χ3n) is 4.60. The number of carbonyl (C=O) groups excluding carboxylic acids is 1. The zero-order chi connectivity index (χ0) is 17.7. The van der Waals surface area contributed by atoms with Gasteiger partial charge in [-0.2, -0.15) is 0 Å². The minimum atomic E-state index is -0.0263. The maximum atomic E-state index is 13.1. The molecule has 0 aliphatic carbocycles. The van der Waals surface area contributed by atoms with E-state index >= 15 is 0 Å². The van der Waals surface area contributed by atoms with Crippen LogP contribution in [-0.4, -0.2) is 70.3 Å². The Balaban J connectivity index is 2.33. The van der Waals surface area contributed by atoms with Gasteiger partial charge in [-0.3, -0.25) is 4.79 Å². The third kappa shape index (κ3) is 3.93. The zero-order valence-corrected chi connectivity index (χ0v) is 15.3. The molecule has 1 amide bonds. The predicted octanol–water partition coefficient (Wildman–Crippen LogP) is 2.27. The number of likely N-dealkylation sites (tertiary alicyclic amines) is 1. The van der Waals surface area contributed by atoms with Gasteiger partial charge in [-0.05, 0) is 26.9 Å². The van der Waals surface area contributed by atoms with E-state index < -0.39 is 0 Å². The van der Waals surface area contributed by atoms with Crippen LogP contribution in [0.4, 0.5) is 0 Å². The Morgan fingerprint density at radius 1 is 1.04 bits per heavy atom. The molecule has 1 fully saturated rings. The van der Waals surface area contributed by atoms with Crippen molar-refractivity contribution in [3.63, 3.8) is 0 Å². The normalized spacial score (nSPS) is 18.2. The Morgan fingerprint density at radius 2 is 1.67 bits per heavy atom. The number of benzene rings is 1. The Labute approximate surface area is 144 Å². The molecule has 1 atom stereocenters. The van der Waals surface area contributed by atoms with Crippen LogP contribution in [0.15, 0.2) is 12.1 Å². The van der Waals surface area contributed by atoms with Crippen molar-refractivity contribution in [1.29, 1.82) is 0 Å². The van der Waals surface area contributed by atoms with Gasteiger partial charge in [0.05, 0.1) is 26.9 Å². The number of hydrogen-bond donors (Lipinski definition) is 0. The van der Waals surface area contributed by atoms with Crippen molar-refractivity contribution >= 4 is 5.91 Å². The van der Waals surface area contributed by atoms with Gasteiger partial charge in [-0.15, -0.1) is 0 Å². The predicted molar refractivity (Wildman–Crippen MR) is 93.3 cm³/mol. The topological polar surface area (TPSA) is 51.2 Å². The summed E-state index contributed by atoms with van der Waals surface area (Å²) in [6.45, 7) is 1.49. The lowest BCUT2D eigenvalue weighted by molar-refractivity contribution is 0.0721. The molecule has 0 aromatic heterocycles. The number of nitrogens with zero attached hydrogens (tertiary/aromatic N) is 2. The summed E-state index contributed by atoms with van der Waals surface area (Å²) in [5.41, 5.74) is 0.509. The van der Waals surface area contributed by atoms with Gasteiger partial charge in [-0.1, -0.05) is 6.42 Å². The van der Waals surface area contributed by atoms with Gasteiger partial charge in [0.15, 0.2) is 11.5 Å². The second-order valence-corrected chi connectivity index (χ2v) is 6.27. The molecule has 6 nitrogen and oxygen atoms in total. The van der Waals surface area contributed by atoms with E-state index in [1.165, 1.54) is 0 Å². The summed E-state index contributed by atoms with van der Waals surface area (Å²) in [6, 6.07) is 3.78. The molecule has 0 radical (unpaired) electrons. The SMILES string of the molecule is COc1cc(OC)c(C(=O)N2CCCC[C@H](N(C)C)C2)cc1OC. The molecule has 1 aliphatic rings. The first-order valence-electron chi connectivity index (χ1n) is 8.27. The van der Waals surface area contributed by atoms with E-state index in [0.717, 1.165) is 32.4 Å². The molecule has 134 valence electrons. The number of amides is 1. The number of ether oxygens (including phenoxy) is 3. The van der Waals surface area contributed by atoms with E-state index in [-0.39, 0.29) is 5.91 Å². The van der Waals surface area contributed by atoms with Crippen LogP contribution < -0.4 is 14.2 Å². The molecule has 0 bridgehead atoms. The summed E-state index contributed by atoms with van der Waals surface area (Å²) in [6.07, 6.45) is 3.27. The highest BCUT2D eigenvalue weighted by Crippen LogP contribution is 2.35. The monoisotopic (exact) mass is 336 g/mol. The average Bonchev–Trinajstić information content (AvgIpc) is 2.86.